The largest absolute Gasteiger partial charge is 0.491 e. The summed E-state index contributed by atoms with van der Waals surface area (Å²) < 4.78 is 5.62. The Morgan fingerprint density at radius 2 is 2.13 bits per heavy atom. The first-order chi connectivity index (χ1) is 11.0. The number of carbonyl (C=O) groups is 1. The van der Waals surface area contributed by atoms with Gasteiger partial charge < -0.3 is 15.2 Å². The van der Waals surface area contributed by atoms with E-state index in [0.29, 0.717) is 0 Å². The van der Waals surface area contributed by atoms with E-state index in [4.69, 9.17) is 4.74 Å². The summed E-state index contributed by atoms with van der Waals surface area (Å²) in [6.45, 7) is 6.10. The van der Waals surface area contributed by atoms with Gasteiger partial charge in [-0.25, -0.2) is 0 Å². The van der Waals surface area contributed by atoms with Gasteiger partial charge in [0, 0.05) is 6.54 Å². The van der Waals surface area contributed by atoms with Crippen molar-refractivity contribution in [2.45, 2.75) is 39.4 Å². The zero-order valence-corrected chi connectivity index (χ0v) is 14.5. The Morgan fingerprint density at radius 1 is 1.35 bits per heavy atom. The number of carbonyl (C=O) groups excluding carboxylic acids is 1. The summed E-state index contributed by atoms with van der Waals surface area (Å²) in [5, 5.41) is 15.0. The molecular weight excluding hydrogens is 310 g/mol. The van der Waals surface area contributed by atoms with Gasteiger partial charge in [-0.15, -0.1) is 11.3 Å². The highest BCUT2D eigenvalue weighted by molar-refractivity contribution is 7.12. The van der Waals surface area contributed by atoms with Crippen LogP contribution < -0.4 is 10.1 Å². The highest BCUT2D eigenvalue weighted by Crippen LogP contribution is 2.21. The van der Waals surface area contributed by atoms with Crippen LogP contribution in [0.2, 0.25) is 0 Å². The third-order valence-corrected chi connectivity index (χ3v) is 4.36. The summed E-state index contributed by atoms with van der Waals surface area (Å²) in [4.78, 5) is 12.9. The van der Waals surface area contributed by atoms with Gasteiger partial charge in [0.25, 0.3) is 5.91 Å². The van der Waals surface area contributed by atoms with E-state index in [1.54, 1.807) is 6.07 Å². The zero-order chi connectivity index (χ0) is 16.8. The molecule has 1 heterocycles. The maximum Gasteiger partial charge on any atom is 0.261 e. The van der Waals surface area contributed by atoms with Crippen molar-refractivity contribution in [2.24, 2.45) is 0 Å². The molecule has 2 aromatic rings. The van der Waals surface area contributed by atoms with Crippen molar-refractivity contribution in [2.75, 3.05) is 6.54 Å². The molecule has 124 valence electrons. The van der Waals surface area contributed by atoms with Gasteiger partial charge in [-0.1, -0.05) is 19.1 Å². The second-order valence-corrected chi connectivity index (χ2v) is 6.51. The van der Waals surface area contributed by atoms with Crippen molar-refractivity contribution in [3.8, 4) is 5.75 Å². The Balaban J connectivity index is 1.97. The number of aliphatic hydroxyl groups excluding tert-OH is 1. The van der Waals surface area contributed by atoms with Crippen molar-refractivity contribution in [1.29, 1.82) is 0 Å². The number of thiophene rings is 1. The fourth-order valence-electron chi connectivity index (χ4n) is 2.27. The number of ether oxygens (including phenoxy) is 1. The van der Waals surface area contributed by atoms with Crippen molar-refractivity contribution in [1.82, 2.24) is 5.32 Å². The van der Waals surface area contributed by atoms with Crippen LogP contribution in [0.25, 0.3) is 0 Å². The molecule has 0 saturated carbocycles. The number of rotatable bonds is 7. The summed E-state index contributed by atoms with van der Waals surface area (Å²) in [6, 6.07) is 9.29. The summed E-state index contributed by atoms with van der Waals surface area (Å²) in [5.41, 5.74) is 1.76. The lowest BCUT2D eigenvalue weighted by atomic mass is 10.1. The molecule has 5 heteroatoms. The molecule has 1 aromatic carbocycles. The molecule has 0 radical (unpaired) electrons. The smallest absolute Gasteiger partial charge is 0.261 e. The van der Waals surface area contributed by atoms with Gasteiger partial charge >= 0.3 is 0 Å². The molecule has 1 atom stereocenters. The molecule has 0 aliphatic carbocycles. The number of hydrogen-bond donors (Lipinski definition) is 2. The van der Waals surface area contributed by atoms with E-state index in [1.165, 1.54) is 11.3 Å². The average molecular weight is 333 g/mol. The van der Waals surface area contributed by atoms with Crippen molar-refractivity contribution in [3.63, 3.8) is 0 Å². The molecule has 1 aromatic heterocycles. The Labute approximate surface area is 141 Å². The Hall–Kier alpha value is -1.85. The van der Waals surface area contributed by atoms with Gasteiger partial charge in [0.2, 0.25) is 0 Å². The minimum Gasteiger partial charge on any atom is -0.491 e. The van der Waals surface area contributed by atoms with E-state index < -0.39 is 6.10 Å². The lowest BCUT2D eigenvalue weighted by Gasteiger charge is -2.15. The average Bonchev–Trinajstić information content (AvgIpc) is 3.00. The molecule has 2 N–H and O–H groups in total. The first kappa shape index (κ1) is 17.5. The molecule has 0 fully saturated rings. The Morgan fingerprint density at radius 3 is 2.83 bits per heavy atom. The first-order valence-electron chi connectivity index (χ1n) is 7.80. The predicted octanol–water partition coefficient (Wildman–Crippen LogP) is 3.56. The van der Waals surface area contributed by atoms with Crippen LogP contribution in [-0.4, -0.2) is 23.7 Å². The first-order valence-corrected chi connectivity index (χ1v) is 8.68. The standard InChI is InChI=1S/C18H23NO3S/c1-4-13-8-9-23-17(13)18(21)19-11-16(20)14-6-5-7-15(10-14)22-12(2)3/h5-10,12,16,20H,4,11H2,1-3H3,(H,19,21). The molecule has 0 aliphatic heterocycles. The van der Waals surface area contributed by atoms with Gasteiger partial charge in [-0.3, -0.25) is 4.79 Å². The second-order valence-electron chi connectivity index (χ2n) is 5.59. The van der Waals surface area contributed by atoms with Gasteiger partial charge in [0.1, 0.15) is 5.75 Å². The van der Waals surface area contributed by atoms with Crippen molar-refractivity contribution >= 4 is 17.2 Å². The summed E-state index contributed by atoms with van der Waals surface area (Å²) in [5.74, 6) is 0.583. The molecule has 0 spiro atoms. The molecule has 1 unspecified atom stereocenters. The Kier molecular flexibility index (Phi) is 6.19. The number of aliphatic hydroxyl groups is 1. The molecule has 0 bridgehead atoms. The minimum atomic E-state index is -0.764. The van der Waals surface area contributed by atoms with Crippen LogP contribution in [0, 0.1) is 0 Å². The third-order valence-electron chi connectivity index (χ3n) is 3.40. The molecular formula is C18H23NO3S. The van der Waals surface area contributed by atoms with Crippen LogP contribution in [0.3, 0.4) is 0 Å². The van der Waals surface area contributed by atoms with Crippen LogP contribution in [-0.2, 0) is 6.42 Å². The maximum absolute atomic E-state index is 12.2. The molecule has 4 nitrogen and oxygen atoms in total. The fourth-order valence-corrected chi connectivity index (χ4v) is 3.18. The number of benzene rings is 1. The topological polar surface area (TPSA) is 58.6 Å². The van der Waals surface area contributed by atoms with Gasteiger partial charge in [-0.2, -0.15) is 0 Å². The lowest BCUT2D eigenvalue weighted by molar-refractivity contribution is 0.0919. The minimum absolute atomic E-state index is 0.0772. The molecule has 23 heavy (non-hydrogen) atoms. The van der Waals surface area contributed by atoms with E-state index in [0.717, 1.165) is 28.2 Å². The quantitative estimate of drug-likeness (QED) is 0.814. The summed E-state index contributed by atoms with van der Waals surface area (Å²) in [6.07, 6.45) is 0.136. The summed E-state index contributed by atoms with van der Waals surface area (Å²) in [7, 11) is 0. The van der Waals surface area contributed by atoms with Gasteiger partial charge in [0.15, 0.2) is 0 Å². The monoisotopic (exact) mass is 333 g/mol. The SMILES string of the molecule is CCc1ccsc1C(=O)NCC(O)c1cccc(OC(C)C)c1. The highest BCUT2D eigenvalue weighted by Gasteiger charge is 2.15. The van der Waals surface area contributed by atoms with Crippen molar-refractivity contribution < 1.29 is 14.6 Å². The zero-order valence-electron chi connectivity index (χ0n) is 13.7. The van der Waals surface area contributed by atoms with E-state index >= 15 is 0 Å². The summed E-state index contributed by atoms with van der Waals surface area (Å²) >= 11 is 1.43. The second kappa shape index (κ2) is 8.13. The third kappa shape index (κ3) is 4.81. The number of nitrogens with one attached hydrogen (secondary N) is 1. The normalized spacial score (nSPS) is 12.2. The van der Waals surface area contributed by atoms with Crippen LogP contribution in [0.15, 0.2) is 35.7 Å². The van der Waals surface area contributed by atoms with Crippen LogP contribution in [0.1, 0.15) is 47.7 Å². The lowest BCUT2D eigenvalue weighted by Crippen LogP contribution is -2.28. The fraction of sp³-hybridized carbons (Fsp3) is 0.389. The van der Waals surface area contributed by atoms with E-state index in [-0.39, 0.29) is 18.6 Å². The van der Waals surface area contributed by atoms with E-state index in [1.807, 2.05) is 50.4 Å². The Bertz CT molecular complexity index is 651. The van der Waals surface area contributed by atoms with E-state index in [2.05, 4.69) is 5.32 Å². The molecule has 2 rings (SSSR count). The van der Waals surface area contributed by atoms with Gasteiger partial charge in [-0.05, 0) is 55.0 Å². The molecule has 0 saturated heterocycles. The van der Waals surface area contributed by atoms with E-state index in [9.17, 15) is 9.90 Å². The van der Waals surface area contributed by atoms with Crippen molar-refractivity contribution in [3.05, 3.63) is 51.7 Å². The number of amides is 1. The number of aryl methyl sites for hydroxylation is 1. The van der Waals surface area contributed by atoms with Crippen LogP contribution >= 0.6 is 11.3 Å². The van der Waals surface area contributed by atoms with Crippen LogP contribution in [0.4, 0.5) is 0 Å². The molecule has 0 aliphatic rings. The predicted molar refractivity (Wildman–Crippen MR) is 93.2 cm³/mol. The highest BCUT2D eigenvalue weighted by atomic mass is 32.1. The molecule has 1 amide bonds. The maximum atomic E-state index is 12.2. The van der Waals surface area contributed by atoms with Gasteiger partial charge in [0.05, 0.1) is 17.1 Å². The van der Waals surface area contributed by atoms with Crippen LogP contribution in [0.5, 0.6) is 5.75 Å². The number of hydrogen-bond acceptors (Lipinski definition) is 4.